The number of carbonyl (C=O) groups is 1. The van der Waals surface area contributed by atoms with Crippen LogP contribution in [0, 0.1) is 11.7 Å². The van der Waals surface area contributed by atoms with Crippen molar-refractivity contribution in [3.63, 3.8) is 0 Å². The molecule has 1 unspecified atom stereocenters. The first kappa shape index (κ1) is 20.5. The van der Waals surface area contributed by atoms with Crippen LogP contribution in [0.5, 0.6) is 0 Å². The smallest absolute Gasteiger partial charge is 0.243 e. The summed E-state index contributed by atoms with van der Waals surface area (Å²) >= 11 is 5.74. The third kappa shape index (κ3) is 6.14. The summed E-state index contributed by atoms with van der Waals surface area (Å²) in [5.41, 5.74) is 0.770. The second-order valence-electron chi connectivity index (χ2n) is 6.64. The molecule has 1 aliphatic heterocycles. The zero-order valence-corrected chi connectivity index (χ0v) is 16.2. The molecular formula is C18H26ClFN4O2. The molecule has 0 bridgehead atoms. The Bertz CT molecular complexity index is 648. The van der Waals surface area contributed by atoms with Gasteiger partial charge in [0.05, 0.1) is 11.6 Å². The third-order valence-corrected chi connectivity index (χ3v) is 4.51. The lowest BCUT2D eigenvalue weighted by Crippen LogP contribution is -2.41. The Morgan fingerprint density at radius 3 is 2.81 bits per heavy atom. The molecule has 1 aliphatic rings. The number of likely N-dealkylation sites (N-methyl/N-ethyl adjacent to an activating group) is 1. The number of carbonyl (C=O) groups excluding carboxylic acids is 1. The Labute approximate surface area is 159 Å². The highest BCUT2D eigenvalue weighted by atomic mass is 35.5. The van der Waals surface area contributed by atoms with Crippen LogP contribution in [-0.4, -0.2) is 69.1 Å². The van der Waals surface area contributed by atoms with Crippen LogP contribution in [-0.2, 0) is 16.1 Å². The molecule has 1 amide bonds. The van der Waals surface area contributed by atoms with Gasteiger partial charge in [-0.3, -0.25) is 4.79 Å². The minimum Gasteiger partial charge on any atom is -0.381 e. The van der Waals surface area contributed by atoms with Gasteiger partial charge in [0.25, 0.3) is 0 Å². The number of aliphatic imine (C=N–C) groups is 1. The van der Waals surface area contributed by atoms with Crippen LogP contribution < -0.4 is 5.32 Å². The number of benzene rings is 1. The molecule has 2 rings (SSSR count). The van der Waals surface area contributed by atoms with Crippen molar-refractivity contribution in [3.8, 4) is 0 Å². The van der Waals surface area contributed by atoms with E-state index in [-0.39, 0.29) is 17.5 Å². The molecule has 8 heteroatoms. The number of amides is 1. The molecule has 1 heterocycles. The SMILES string of the molecule is CN(C)C(=O)CN=C(NCC1CCOC1)N(C)Cc1ccc(Cl)c(F)c1. The maximum atomic E-state index is 13.7. The molecule has 6 nitrogen and oxygen atoms in total. The highest BCUT2D eigenvalue weighted by Crippen LogP contribution is 2.16. The van der Waals surface area contributed by atoms with Crippen LogP contribution in [0.15, 0.2) is 23.2 Å². The van der Waals surface area contributed by atoms with Crippen LogP contribution in [0.4, 0.5) is 4.39 Å². The van der Waals surface area contributed by atoms with E-state index >= 15 is 0 Å². The molecule has 0 saturated carbocycles. The van der Waals surface area contributed by atoms with E-state index in [0.29, 0.717) is 25.0 Å². The number of nitrogens with one attached hydrogen (secondary N) is 1. The van der Waals surface area contributed by atoms with Gasteiger partial charge in [0.2, 0.25) is 5.91 Å². The fourth-order valence-electron chi connectivity index (χ4n) is 2.56. The van der Waals surface area contributed by atoms with Gasteiger partial charge < -0.3 is 19.9 Å². The number of hydrogen-bond donors (Lipinski definition) is 1. The summed E-state index contributed by atoms with van der Waals surface area (Å²) in [6.45, 7) is 2.71. The fourth-order valence-corrected chi connectivity index (χ4v) is 2.68. The lowest BCUT2D eigenvalue weighted by molar-refractivity contribution is -0.127. The topological polar surface area (TPSA) is 57.2 Å². The maximum absolute atomic E-state index is 13.7. The number of nitrogens with zero attached hydrogens (tertiary/aromatic N) is 3. The van der Waals surface area contributed by atoms with Gasteiger partial charge in [-0.25, -0.2) is 9.38 Å². The first-order valence-electron chi connectivity index (χ1n) is 8.58. The van der Waals surface area contributed by atoms with Gasteiger partial charge >= 0.3 is 0 Å². The van der Waals surface area contributed by atoms with Crippen molar-refractivity contribution in [1.82, 2.24) is 15.1 Å². The summed E-state index contributed by atoms with van der Waals surface area (Å²) < 4.78 is 19.1. The Morgan fingerprint density at radius 1 is 1.42 bits per heavy atom. The quantitative estimate of drug-likeness (QED) is 0.602. The van der Waals surface area contributed by atoms with Crippen LogP contribution in [0.25, 0.3) is 0 Å². The van der Waals surface area contributed by atoms with Crippen molar-refractivity contribution in [3.05, 3.63) is 34.6 Å². The molecule has 0 spiro atoms. The molecule has 144 valence electrons. The maximum Gasteiger partial charge on any atom is 0.243 e. The van der Waals surface area contributed by atoms with Crippen LogP contribution in [0.2, 0.25) is 5.02 Å². The van der Waals surface area contributed by atoms with Crippen LogP contribution in [0.3, 0.4) is 0 Å². The summed E-state index contributed by atoms with van der Waals surface area (Å²) in [6, 6.07) is 4.72. The van der Waals surface area contributed by atoms with Gasteiger partial charge in [-0.1, -0.05) is 17.7 Å². The van der Waals surface area contributed by atoms with E-state index in [4.69, 9.17) is 16.3 Å². The highest BCUT2D eigenvalue weighted by molar-refractivity contribution is 6.30. The second-order valence-corrected chi connectivity index (χ2v) is 7.05. The zero-order chi connectivity index (χ0) is 19.1. The molecule has 1 aromatic carbocycles. The van der Waals surface area contributed by atoms with Gasteiger partial charge in [-0.2, -0.15) is 0 Å². The number of hydrogen-bond acceptors (Lipinski definition) is 3. The second kappa shape index (κ2) is 9.73. The van der Waals surface area contributed by atoms with Crippen molar-refractivity contribution in [1.29, 1.82) is 0 Å². The average Bonchev–Trinajstić information content (AvgIpc) is 3.11. The molecule has 1 N–H and O–H groups in total. The summed E-state index contributed by atoms with van der Waals surface area (Å²) in [6.07, 6.45) is 1.00. The normalized spacial score (nSPS) is 17.3. The number of ether oxygens (including phenoxy) is 1. The van der Waals surface area contributed by atoms with E-state index in [0.717, 1.165) is 25.2 Å². The van der Waals surface area contributed by atoms with Crippen LogP contribution >= 0.6 is 11.6 Å². The van der Waals surface area contributed by atoms with E-state index in [9.17, 15) is 9.18 Å². The number of guanidine groups is 1. The average molecular weight is 385 g/mol. The Kier molecular flexibility index (Phi) is 7.66. The van der Waals surface area contributed by atoms with Gasteiger partial charge in [0.1, 0.15) is 12.4 Å². The van der Waals surface area contributed by atoms with Crippen molar-refractivity contribution >= 4 is 23.5 Å². The highest BCUT2D eigenvalue weighted by Gasteiger charge is 2.17. The fraction of sp³-hybridized carbons (Fsp3) is 0.556. The Hall–Kier alpha value is -1.86. The molecule has 26 heavy (non-hydrogen) atoms. The van der Waals surface area contributed by atoms with Crippen LogP contribution in [0.1, 0.15) is 12.0 Å². The molecule has 0 aliphatic carbocycles. The monoisotopic (exact) mass is 384 g/mol. The van der Waals surface area contributed by atoms with Gasteiger partial charge in [-0.05, 0) is 24.1 Å². The minimum absolute atomic E-state index is 0.0514. The van der Waals surface area contributed by atoms with E-state index in [1.54, 1.807) is 20.2 Å². The van der Waals surface area contributed by atoms with E-state index in [2.05, 4.69) is 10.3 Å². The van der Waals surface area contributed by atoms with Crippen molar-refractivity contribution in [2.24, 2.45) is 10.9 Å². The van der Waals surface area contributed by atoms with E-state index < -0.39 is 5.82 Å². The zero-order valence-electron chi connectivity index (χ0n) is 15.5. The molecular weight excluding hydrogens is 359 g/mol. The molecule has 0 aromatic heterocycles. The van der Waals surface area contributed by atoms with Gasteiger partial charge in [-0.15, -0.1) is 0 Å². The van der Waals surface area contributed by atoms with Crippen molar-refractivity contribution < 1.29 is 13.9 Å². The number of halogens is 2. The Balaban J connectivity index is 2.05. The first-order valence-corrected chi connectivity index (χ1v) is 8.96. The first-order chi connectivity index (χ1) is 12.4. The molecule has 1 atom stereocenters. The summed E-state index contributed by atoms with van der Waals surface area (Å²) in [7, 11) is 5.24. The van der Waals surface area contributed by atoms with Crippen molar-refractivity contribution in [2.45, 2.75) is 13.0 Å². The Morgan fingerprint density at radius 2 is 2.19 bits per heavy atom. The minimum atomic E-state index is -0.449. The summed E-state index contributed by atoms with van der Waals surface area (Å²) in [5.74, 6) is 0.489. The lowest BCUT2D eigenvalue weighted by Gasteiger charge is -2.24. The number of rotatable bonds is 6. The molecule has 1 saturated heterocycles. The third-order valence-electron chi connectivity index (χ3n) is 4.20. The van der Waals surface area contributed by atoms with Gasteiger partial charge in [0, 0.05) is 46.8 Å². The predicted octanol–water partition coefficient (Wildman–Crippen LogP) is 1.98. The molecule has 1 fully saturated rings. The van der Waals surface area contributed by atoms with E-state index in [1.165, 1.54) is 17.0 Å². The van der Waals surface area contributed by atoms with Crippen molar-refractivity contribution in [2.75, 3.05) is 47.4 Å². The summed E-state index contributed by atoms with van der Waals surface area (Å²) in [4.78, 5) is 19.6. The molecule has 0 radical (unpaired) electrons. The standard InChI is InChI=1S/C18H26ClFN4O2/c1-23(2)17(25)10-22-18(21-9-14-6-7-26-12-14)24(3)11-13-4-5-15(19)16(20)8-13/h4-5,8,14H,6-7,9-12H2,1-3H3,(H,21,22). The van der Waals surface area contributed by atoms with Gasteiger partial charge in [0.15, 0.2) is 5.96 Å². The largest absolute Gasteiger partial charge is 0.381 e. The summed E-state index contributed by atoms with van der Waals surface area (Å²) in [5, 5.41) is 3.41. The molecule has 1 aromatic rings. The van der Waals surface area contributed by atoms with E-state index in [1.807, 2.05) is 11.9 Å². The lowest BCUT2D eigenvalue weighted by atomic mass is 10.1. The predicted molar refractivity (Wildman–Crippen MR) is 101 cm³/mol.